The summed E-state index contributed by atoms with van der Waals surface area (Å²) in [5.41, 5.74) is 3.09. The number of fused-ring (bicyclic) bond motifs is 15. The lowest BCUT2D eigenvalue weighted by Gasteiger charge is -2.62. The van der Waals surface area contributed by atoms with Gasteiger partial charge < -0.3 is 35.4 Å². The van der Waals surface area contributed by atoms with E-state index >= 15 is 0 Å². The molecule has 0 aromatic carbocycles. The Morgan fingerprint density at radius 1 is 0.436 bits per heavy atom. The Balaban J connectivity index is 0.000000172. The molecule has 0 radical (unpaired) electrons. The van der Waals surface area contributed by atoms with Crippen LogP contribution < -0.4 is 0 Å². The van der Waals surface area contributed by atoms with E-state index in [2.05, 4.69) is 108 Å². The Labute approximate surface area is 579 Å². The zero-order chi connectivity index (χ0) is 68.1. The van der Waals surface area contributed by atoms with Crippen LogP contribution in [0.2, 0.25) is 0 Å². The van der Waals surface area contributed by atoms with Gasteiger partial charge in [0.1, 0.15) is 0 Å². The summed E-state index contributed by atoms with van der Waals surface area (Å²) in [5.74, 6) is 14.1. The van der Waals surface area contributed by atoms with Gasteiger partial charge in [0.15, 0.2) is 0 Å². The molecule has 0 spiro atoms. The Bertz CT molecular complexity index is 2350. The molecule has 0 aliphatic heterocycles. The van der Waals surface area contributed by atoms with Gasteiger partial charge in [-0.05, 0) is 386 Å². The second-order valence-corrected chi connectivity index (χ2v) is 38.6. The molecule has 6 N–H and O–H groups in total. The lowest BCUT2D eigenvalue weighted by molar-refractivity contribution is -0.148. The summed E-state index contributed by atoms with van der Waals surface area (Å²) in [6, 6.07) is 0. The molecule has 0 aromatic heterocycles. The van der Waals surface area contributed by atoms with Crippen molar-refractivity contribution in [2.45, 2.75) is 385 Å². The molecule has 11 saturated carbocycles. The molecule has 29 atom stereocenters. The van der Waals surface area contributed by atoms with E-state index in [0.717, 1.165) is 178 Å². The SMILES string of the molecule is C.CCOC(C)=O.CC[C@@H](O)CC[C@@H](C)[C@H]1CC[C@H]2[C@@H]3CC=C4C[C@@](C)(O)CC[C@]4(C)[C@H]3CC[C@]12C.CC[C@@H](O)CC[C@@H](C)[C@H]1CC[C@H]2[C@@H]3CC[C@@H]4C[C@@](C)(O)CC[C@]4(C)[C@H]3CC[C@]12C.CC[C@@H](O)CC[C@@H](C)[C@H]1CC[C@H]2[C@@H]3CC[C@H]4C[C@@](C)(O)CC[C@]4(C)[C@H]3CC[C@]12C. The molecule has 94 heavy (non-hydrogen) atoms. The zero-order valence-corrected chi connectivity index (χ0v) is 63.6. The van der Waals surface area contributed by atoms with Gasteiger partial charge in [-0.25, -0.2) is 0 Å². The standard InChI is InChI=1S/2C27H48O2.C27H46O2.C4H8O2.CH4/c3*1-6-20(28)9-7-18(2)22-11-12-23-21-10-8-19-17-25(3,29)15-16-26(19,4)24(21)13-14-27(22,23)5;1-3-6-4(2)5;/h2*18-24,28-29H,6-17H2,1-5H3;8,18,20-24,28-29H,6-7,9-17H2,1-5H3;3H2,1-2H3;1H4/t18-,19+,20-,21+,22-,23+,24+,25+,26+,27-;18-,19-,20-,21+,22-,23+,24+,25+,26+,27-;18-,20-,21+,22-,23+,24+,25+,26+,27-;;/m111../s1. The van der Waals surface area contributed by atoms with Gasteiger partial charge in [0.2, 0.25) is 0 Å². The quantitative estimate of drug-likeness (QED) is 0.0661. The number of ether oxygens (including phenoxy) is 1. The Hall–Kier alpha value is -1.03. The number of hydrogen-bond acceptors (Lipinski definition) is 8. The van der Waals surface area contributed by atoms with E-state index in [1.54, 1.807) is 12.5 Å². The minimum absolute atomic E-state index is 0. The Morgan fingerprint density at radius 3 is 1.14 bits per heavy atom. The van der Waals surface area contributed by atoms with Crippen LogP contribution in [0.1, 0.15) is 350 Å². The number of carbonyl (C=O) groups excluding carboxylic acids is 1. The molecule has 12 rings (SSSR count). The van der Waals surface area contributed by atoms with Gasteiger partial charge in [-0.2, -0.15) is 0 Å². The summed E-state index contributed by atoms with van der Waals surface area (Å²) in [6.07, 6.45) is 44.9. The summed E-state index contributed by atoms with van der Waals surface area (Å²) in [5, 5.41) is 62.2. The van der Waals surface area contributed by atoms with Gasteiger partial charge in [-0.3, -0.25) is 4.79 Å². The number of rotatable bonds is 16. The number of carbonyl (C=O) groups is 1. The van der Waals surface area contributed by atoms with Crippen molar-refractivity contribution in [3.8, 4) is 0 Å². The fourth-order valence-corrected chi connectivity index (χ4v) is 27.4. The molecule has 0 bridgehead atoms. The average Bonchev–Trinajstić information content (AvgIpc) is 1.31. The lowest BCUT2D eigenvalue weighted by atomic mass is 9.43. The molecule has 8 heteroatoms. The molecule has 0 saturated heterocycles. The minimum atomic E-state index is -0.488. The van der Waals surface area contributed by atoms with Crippen LogP contribution in [0.3, 0.4) is 0 Å². The van der Waals surface area contributed by atoms with Gasteiger partial charge in [-0.15, -0.1) is 0 Å². The Kier molecular flexibility index (Phi) is 25.9. The van der Waals surface area contributed by atoms with Gasteiger partial charge in [0.05, 0.1) is 41.7 Å². The summed E-state index contributed by atoms with van der Waals surface area (Å²) >= 11 is 0. The first kappa shape index (κ1) is 78.7. The van der Waals surface area contributed by atoms with Crippen LogP contribution >= 0.6 is 0 Å². The number of esters is 1. The first-order valence-corrected chi connectivity index (χ1v) is 40.6. The molecule has 12 aliphatic carbocycles. The van der Waals surface area contributed by atoms with Crippen LogP contribution in [0.5, 0.6) is 0 Å². The molecule has 0 amide bonds. The normalized spacial score (nSPS) is 47.4. The fraction of sp³-hybridized carbons (Fsp3) is 0.965. The number of allylic oxidation sites excluding steroid dienone is 1. The highest BCUT2D eigenvalue weighted by molar-refractivity contribution is 5.65. The number of aliphatic hydroxyl groups is 6. The van der Waals surface area contributed by atoms with E-state index in [1.807, 2.05) is 6.92 Å². The van der Waals surface area contributed by atoms with Crippen molar-refractivity contribution in [1.82, 2.24) is 0 Å². The predicted octanol–water partition coefficient (Wildman–Crippen LogP) is 20.9. The van der Waals surface area contributed by atoms with Crippen molar-refractivity contribution in [1.29, 1.82) is 0 Å². The Morgan fingerprint density at radius 2 is 0.787 bits per heavy atom. The second kappa shape index (κ2) is 30.9. The predicted molar refractivity (Wildman–Crippen MR) is 391 cm³/mol. The molecular weight excluding hydrogens is 1160 g/mol. The highest BCUT2D eigenvalue weighted by atomic mass is 16.5. The summed E-state index contributed by atoms with van der Waals surface area (Å²) in [7, 11) is 0. The third-order valence-corrected chi connectivity index (χ3v) is 33.2. The average molecular weight is 1320 g/mol. The van der Waals surface area contributed by atoms with Crippen LogP contribution in [-0.4, -0.2) is 78.3 Å². The maximum absolute atomic E-state index is 10.7. The maximum Gasteiger partial charge on any atom is 0.302 e. The van der Waals surface area contributed by atoms with Gasteiger partial charge in [0.25, 0.3) is 0 Å². The van der Waals surface area contributed by atoms with E-state index in [1.165, 1.54) is 155 Å². The van der Waals surface area contributed by atoms with Crippen molar-refractivity contribution < 1.29 is 40.2 Å². The molecule has 12 aliphatic rings. The monoisotopic (exact) mass is 1320 g/mol. The van der Waals surface area contributed by atoms with E-state index < -0.39 is 16.8 Å². The maximum atomic E-state index is 10.7. The lowest BCUT2D eigenvalue weighted by Crippen LogP contribution is -2.55. The van der Waals surface area contributed by atoms with Crippen molar-refractivity contribution in [3.05, 3.63) is 11.6 Å². The number of hydrogen-bond donors (Lipinski definition) is 6. The molecule has 8 nitrogen and oxygen atoms in total. The van der Waals surface area contributed by atoms with E-state index in [4.69, 9.17) is 0 Å². The van der Waals surface area contributed by atoms with Crippen LogP contribution in [0.4, 0.5) is 0 Å². The van der Waals surface area contributed by atoms with E-state index in [0.29, 0.717) is 39.1 Å². The molecular formula is C86H154O8. The van der Waals surface area contributed by atoms with Crippen LogP contribution in [0, 0.1) is 133 Å². The fourth-order valence-electron chi connectivity index (χ4n) is 27.4. The van der Waals surface area contributed by atoms with E-state index in [-0.39, 0.29) is 31.7 Å². The third-order valence-electron chi connectivity index (χ3n) is 33.2. The van der Waals surface area contributed by atoms with E-state index in [9.17, 15) is 35.4 Å². The van der Waals surface area contributed by atoms with Gasteiger partial charge >= 0.3 is 5.97 Å². The van der Waals surface area contributed by atoms with Crippen LogP contribution in [-0.2, 0) is 9.53 Å². The van der Waals surface area contributed by atoms with Crippen LogP contribution in [0.25, 0.3) is 0 Å². The summed E-state index contributed by atoms with van der Waals surface area (Å²) < 4.78 is 4.40. The van der Waals surface area contributed by atoms with Crippen molar-refractivity contribution in [2.75, 3.05) is 6.61 Å². The minimum Gasteiger partial charge on any atom is -0.466 e. The van der Waals surface area contributed by atoms with Gasteiger partial charge in [-0.1, -0.05) is 102 Å². The van der Waals surface area contributed by atoms with Crippen LogP contribution in [0.15, 0.2) is 11.6 Å². The van der Waals surface area contributed by atoms with Gasteiger partial charge in [0, 0.05) is 6.92 Å². The summed E-state index contributed by atoms with van der Waals surface area (Å²) in [6.45, 7) is 39.3. The largest absolute Gasteiger partial charge is 0.466 e. The van der Waals surface area contributed by atoms with Crippen molar-refractivity contribution in [3.63, 3.8) is 0 Å². The first-order chi connectivity index (χ1) is 43.6. The molecule has 0 unspecified atom stereocenters. The smallest absolute Gasteiger partial charge is 0.302 e. The zero-order valence-electron chi connectivity index (χ0n) is 63.6. The van der Waals surface area contributed by atoms with Crippen molar-refractivity contribution in [2.24, 2.45) is 133 Å². The highest BCUT2D eigenvalue weighted by Gasteiger charge is 2.64. The molecule has 546 valence electrons. The highest BCUT2D eigenvalue weighted by Crippen LogP contribution is 2.72. The number of aliphatic hydroxyl groups excluding tert-OH is 3. The molecule has 11 fully saturated rings. The summed E-state index contributed by atoms with van der Waals surface area (Å²) in [4.78, 5) is 9.82. The second-order valence-electron chi connectivity index (χ2n) is 38.6. The third kappa shape index (κ3) is 15.9. The van der Waals surface area contributed by atoms with Crippen molar-refractivity contribution >= 4 is 5.97 Å². The molecule has 0 heterocycles. The topological polar surface area (TPSA) is 148 Å². The molecule has 0 aromatic rings. The first-order valence-electron chi connectivity index (χ1n) is 40.6.